The van der Waals surface area contributed by atoms with E-state index in [1.807, 2.05) is 49.4 Å². The fourth-order valence-corrected chi connectivity index (χ4v) is 2.92. The largest absolute Gasteiger partial charge is 0.469 e. The molecule has 0 aliphatic carbocycles. The van der Waals surface area contributed by atoms with Gasteiger partial charge in [0, 0.05) is 19.0 Å². The fourth-order valence-electron chi connectivity index (χ4n) is 2.92. The molecule has 1 aliphatic rings. The zero-order chi connectivity index (χ0) is 17.6. The number of ether oxygens (including phenoxy) is 1. The highest BCUT2D eigenvalue weighted by Crippen LogP contribution is 2.14. The highest BCUT2D eigenvalue weighted by molar-refractivity contribution is 5.89. The summed E-state index contributed by atoms with van der Waals surface area (Å²) in [6, 6.07) is 12.6. The van der Waals surface area contributed by atoms with Crippen molar-refractivity contribution in [1.82, 2.24) is 10.2 Å². The Morgan fingerprint density at radius 3 is 2.80 bits per heavy atom. The summed E-state index contributed by atoms with van der Waals surface area (Å²) >= 11 is 0. The third-order valence-electron chi connectivity index (χ3n) is 4.17. The number of carbonyl (C=O) groups is 2. The molecule has 0 saturated carbocycles. The van der Waals surface area contributed by atoms with Crippen LogP contribution in [0.5, 0.6) is 0 Å². The Labute approximate surface area is 146 Å². The molecule has 6 nitrogen and oxygen atoms in total. The first-order valence-electron chi connectivity index (χ1n) is 8.37. The SMILES string of the molecule is C[C@H](Cc1ccco1)NC(=O)[C@@H]1COCC(=O)N1Cc1ccccc1. The molecule has 2 amide bonds. The fraction of sp³-hybridized carbons (Fsp3) is 0.368. The smallest absolute Gasteiger partial charge is 0.249 e. The quantitative estimate of drug-likeness (QED) is 0.868. The van der Waals surface area contributed by atoms with Crippen LogP contribution in [-0.4, -0.2) is 42.0 Å². The first-order chi connectivity index (χ1) is 12.1. The van der Waals surface area contributed by atoms with Crippen molar-refractivity contribution in [2.45, 2.75) is 32.0 Å². The van der Waals surface area contributed by atoms with E-state index in [0.717, 1.165) is 11.3 Å². The minimum Gasteiger partial charge on any atom is -0.469 e. The Morgan fingerprint density at radius 1 is 1.28 bits per heavy atom. The van der Waals surface area contributed by atoms with Gasteiger partial charge >= 0.3 is 0 Å². The van der Waals surface area contributed by atoms with E-state index in [0.29, 0.717) is 13.0 Å². The van der Waals surface area contributed by atoms with E-state index in [1.54, 1.807) is 11.2 Å². The Balaban J connectivity index is 1.64. The van der Waals surface area contributed by atoms with Crippen LogP contribution in [0.4, 0.5) is 0 Å². The minimum absolute atomic E-state index is 0.0125. The second-order valence-corrected chi connectivity index (χ2v) is 6.23. The topological polar surface area (TPSA) is 71.8 Å². The summed E-state index contributed by atoms with van der Waals surface area (Å²) in [6.45, 7) is 2.53. The van der Waals surface area contributed by atoms with Crippen molar-refractivity contribution < 1.29 is 18.7 Å². The van der Waals surface area contributed by atoms with E-state index in [1.165, 1.54) is 0 Å². The molecule has 2 heterocycles. The van der Waals surface area contributed by atoms with E-state index < -0.39 is 6.04 Å². The van der Waals surface area contributed by atoms with Gasteiger partial charge < -0.3 is 19.4 Å². The van der Waals surface area contributed by atoms with Crippen LogP contribution in [0.15, 0.2) is 53.1 Å². The molecular weight excluding hydrogens is 320 g/mol. The molecule has 25 heavy (non-hydrogen) atoms. The van der Waals surface area contributed by atoms with Gasteiger partial charge in [-0.05, 0) is 24.6 Å². The predicted molar refractivity (Wildman–Crippen MR) is 91.6 cm³/mol. The molecule has 1 N–H and O–H groups in total. The van der Waals surface area contributed by atoms with Gasteiger partial charge in [0.1, 0.15) is 18.4 Å². The van der Waals surface area contributed by atoms with Gasteiger partial charge in [0.25, 0.3) is 0 Å². The second-order valence-electron chi connectivity index (χ2n) is 6.23. The van der Waals surface area contributed by atoms with Crippen molar-refractivity contribution in [2.75, 3.05) is 13.2 Å². The second kappa shape index (κ2) is 7.98. The normalized spacial score (nSPS) is 18.8. The predicted octanol–water partition coefficient (Wildman–Crippen LogP) is 1.75. The van der Waals surface area contributed by atoms with E-state index in [2.05, 4.69) is 5.32 Å². The molecule has 1 aromatic carbocycles. The van der Waals surface area contributed by atoms with Crippen molar-refractivity contribution in [2.24, 2.45) is 0 Å². The lowest BCUT2D eigenvalue weighted by Crippen LogP contribution is -2.57. The third-order valence-corrected chi connectivity index (χ3v) is 4.17. The number of carbonyl (C=O) groups excluding carboxylic acids is 2. The molecule has 1 fully saturated rings. The monoisotopic (exact) mass is 342 g/mol. The Bertz CT molecular complexity index is 699. The summed E-state index contributed by atoms with van der Waals surface area (Å²) in [7, 11) is 0. The van der Waals surface area contributed by atoms with Crippen LogP contribution in [0.2, 0.25) is 0 Å². The lowest BCUT2D eigenvalue weighted by Gasteiger charge is -2.35. The molecule has 1 aromatic heterocycles. The van der Waals surface area contributed by atoms with Gasteiger partial charge in [-0.3, -0.25) is 9.59 Å². The number of furan rings is 1. The van der Waals surface area contributed by atoms with Gasteiger partial charge in [-0.15, -0.1) is 0 Å². The standard InChI is InChI=1S/C19H22N2O4/c1-14(10-16-8-5-9-25-16)20-19(23)17-12-24-13-18(22)21(17)11-15-6-3-2-4-7-15/h2-9,14,17H,10-13H2,1H3,(H,20,23)/t14-,17+/m1/s1. The number of benzene rings is 1. The Kier molecular flexibility index (Phi) is 5.50. The number of nitrogens with zero attached hydrogens (tertiary/aromatic N) is 1. The molecule has 1 saturated heterocycles. The summed E-state index contributed by atoms with van der Waals surface area (Å²) in [5, 5.41) is 2.95. The number of rotatable bonds is 6. The number of nitrogens with one attached hydrogen (secondary N) is 1. The maximum Gasteiger partial charge on any atom is 0.249 e. The lowest BCUT2D eigenvalue weighted by molar-refractivity contribution is -0.155. The van der Waals surface area contributed by atoms with Crippen LogP contribution in [0.1, 0.15) is 18.2 Å². The summed E-state index contributed by atoms with van der Waals surface area (Å²) in [5.41, 5.74) is 0.985. The van der Waals surface area contributed by atoms with Crippen molar-refractivity contribution in [3.8, 4) is 0 Å². The molecule has 3 rings (SSSR count). The molecular formula is C19H22N2O4. The zero-order valence-corrected chi connectivity index (χ0v) is 14.2. The summed E-state index contributed by atoms with van der Waals surface area (Å²) in [6.07, 6.45) is 2.21. The van der Waals surface area contributed by atoms with Crippen LogP contribution >= 0.6 is 0 Å². The lowest BCUT2D eigenvalue weighted by atomic mass is 10.1. The van der Waals surface area contributed by atoms with Crippen LogP contribution < -0.4 is 5.32 Å². The van der Waals surface area contributed by atoms with Crippen LogP contribution in [0, 0.1) is 0 Å². The van der Waals surface area contributed by atoms with Crippen molar-refractivity contribution in [1.29, 1.82) is 0 Å². The van der Waals surface area contributed by atoms with E-state index >= 15 is 0 Å². The molecule has 6 heteroatoms. The molecule has 0 unspecified atom stereocenters. The summed E-state index contributed by atoms with van der Waals surface area (Å²) in [5.74, 6) is 0.432. The average molecular weight is 342 g/mol. The average Bonchev–Trinajstić information content (AvgIpc) is 3.10. The van der Waals surface area contributed by atoms with Gasteiger partial charge in [-0.2, -0.15) is 0 Å². The van der Waals surface area contributed by atoms with Crippen molar-refractivity contribution in [3.05, 3.63) is 60.1 Å². The van der Waals surface area contributed by atoms with Crippen molar-refractivity contribution in [3.63, 3.8) is 0 Å². The highest BCUT2D eigenvalue weighted by Gasteiger charge is 2.34. The molecule has 2 atom stereocenters. The third kappa shape index (κ3) is 4.48. The van der Waals surface area contributed by atoms with Crippen LogP contribution in [0.3, 0.4) is 0 Å². The molecule has 0 spiro atoms. The van der Waals surface area contributed by atoms with E-state index in [9.17, 15) is 9.59 Å². The summed E-state index contributed by atoms with van der Waals surface area (Å²) in [4.78, 5) is 26.5. The van der Waals surface area contributed by atoms with E-state index in [4.69, 9.17) is 9.15 Å². The highest BCUT2D eigenvalue weighted by atomic mass is 16.5. The number of amides is 2. The maximum absolute atomic E-state index is 12.7. The van der Waals surface area contributed by atoms with E-state index in [-0.39, 0.29) is 31.1 Å². The zero-order valence-electron chi connectivity index (χ0n) is 14.2. The van der Waals surface area contributed by atoms with Crippen LogP contribution in [-0.2, 0) is 27.3 Å². The van der Waals surface area contributed by atoms with Gasteiger partial charge in [0.15, 0.2) is 0 Å². The Morgan fingerprint density at radius 2 is 2.08 bits per heavy atom. The van der Waals surface area contributed by atoms with Gasteiger partial charge in [-0.1, -0.05) is 30.3 Å². The van der Waals surface area contributed by atoms with Gasteiger partial charge in [0.2, 0.25) is 11.8 Å². The van der Waals surface area contributed by atoms with Crippen LogP contribution in [0.25, 0.3) is 0 Å². The molecule has 2 aromatic rings. The first kappa shape index (κ1) is 17.2. The summed E-state index contributed by atoms with van der Waals surface area (Å²) < 4.78 is 10.6. The van der Waals surface area contributed by atoms with Crippen molar-refractivity contribution >= 4 is 11.8 Å². The number of morpholine rings is 1. The molecule has 1 aliphatic heterocycles. The molecule has 132 valence electrons. The number of hydrogen-bond acceptors (Lipinski definition) is 4. The number of hydrogen-bond donors (Lipinski definition) is 1. The molecule has 0 bridgehead atoms. The Hall–Kier alpha value is -2.60. The minimum atomic E-state index is -0.625. The maximum atomic E-state index is 12.7. The van der Waals surface area contributed by atoms with Gasteiger partial charge in [0.05, 0.1) is 12.9 Å². The first-order valence-corrected chi connectivity index (χ1v) is 8.37. The molecule has 0 radical (unpaired) electrons. The van der Waals surface area contributed by atoms with Gasteiger partial charge in [-0.25, -0.2) is 0 Å².